The van der Waals surface area contributed by atoms with Crippen molar-refractivity contribution in [3.05, 3.63) is 48.3 Å². The Labute approximate surface area is 88.5 Å². The van der Waals surface area contributed by atoms with Gasteiger partial charge in [0.1, 0.15) is 0 Å². The molecule has 0 unspecified atom stereocenters. The zero-order chi connectivity index (χ0) is 10.3. The lowest BCUT2D eigenvalue weighted by Gasteiger charge is -2.09. The summed E-state index contributed by atoms with van der Waals surface area (Å²) in [6.07, 6.45) is 5.92. The molecule has 1 heterocycles. The van der Waals surface area contributed by atoms with Crippen molar-refractivity contribution in [2.45, 2.75) is 18.4 Å². The predicted octanol–water partition coefficient (Wildman–Crippen LogP) is 1.82. The lowest BCUT2D eigenvalue weighted by molar-refractivity contribution is 0.739. The first-order valence-electron chi connectivity index (χ1n) is 5.17. The zero-order valence-electron chi connectivity index (χ0n) is 8.43. The van der Waals surface area contributed by atoms with E-state index in [2.05, 4.69) is 29.4 Å². The molecule has 3 nitrogen and oxygen atoms in total. The molecule has 3 heteroatoms. The molecule has 3 rings (SSSR count). The van der Waals surface area contributed by atoms with Gasteiger partial charge in [-0.05, 0) is 36.6 Å². The van der Waals surface area contributed by atoms with Crippen molar-refractivity contribution in [3.63, 3.8) is 0 Å². The highest BCUT2D eigenvalue weighted by molar-refractivity contribution is 5.38. The molecular formula is C12H13N3. The van der Waals surface area contributed by atoms with Crippen LogP contribution < -0.4 is 5.73 Å². The molecule has 0 bridgehead atoms. The van der Waals surface area contributed by atoms with E-state index in [9.17, 15) is 0 Å². The van der Waals surface area contributed by atoms with E-state index in [1.807, 2.05) is 16.9 Å². The summed E-state index contributed by atoms with van der Waals surface area (Å²) in [4.78, 5) is 0. The fraction of sp³-hybridized carbons (Fsp3) is 0.250. The van der Waals surface area contributed by atoms with Gasteiger partial charge in [-0.1, -0.05) is 12.1 Å². The van der Waals surface area contributed by atoms with Gasteiger partial charge in [0.15, 0.2) is 0 Å². The quantitative estimate of drug-likeness (QED) is 0.801. The minimum Gasteiger partial charge on any atom is -0.321 e. The van der Waals surface area contributed by atoms with E-state index in [1.165, 1.54) is 5.56 Å². The molecule has 2 aromatic rings. The Kier molecular flexibility index (Phi) is 1.70. The summed E-state index contributed by atoms with van der Waals surface area (Å²) < 4.78 is 1.85. The molecule has 1 fully saturated rings. The normalized spacial score (nSPS) is 17.7. The maximum Gasteiger partial charge on any atom is 0.0645 e. The highest BCUT2D eigenvalue weighted by atomic mass is 15.3. The Bertz CT molecular complexity index is 452. The SMILES string of the molecule is NC1(c2ccc(-n3cccn3)cc2)CC1. The Morgan fingerprint density at radius 3 is 2.47 bits per heavy atom. The van der Waals surface area contributed by atoms with Gasteiger partial charge < -0.3 is 5.73 Å². The van der Waals surface area contributed by atoms with Gasteiger partial charge in [0.05, 0.1) is 5.69 Å². The largest absolute Gasteiger partial charge is 0.321 e. The molecule has 1 aromatic heterocycles. The van der Waals surface area contributed by atoms with Gasteiger partial charge >= 0.3 is 0 Å². The maximum atomic E-state index is 6.11. The van der Waals surface area contributed by atoms with Crippen LogP contribution in [0.1, 0.15) is 18.4 Å². The van der Waals surface area contributed by atoms with Gasteiger partial charge in [-0.25, -0.2) is 4.68 Å². The highest BCUT2D eigenvalue weighted by Crippen LogP contribution is 2.42. The number of hydrogen-bond donors (Lipinski definition) is 1. The number of benzene rings is 1. The van der Waals surface area contributed by atoms with E-state index in [1.54, 1.807) is 6.20 Å². The molecule has 0 amide bonds. The smallest absolute Gasteiger partial charge is 0.0645 e. The van der Waals surface area contributed by atoms with E-state index in [0.29, 0.717) is 0 Å². The van der Waals surface area contributed by atoms with Crippen molar-refractivity contribution in [1.82, 2.24) is 9.78 Å². The van der Waals surface area contributed by atoms with E-state index in [4.69, 9.17) is 5.73 Å². The molecule has 76 valence electrons. The summed E-state index contributed by atoms with van der Waals surface area (Å²) in [7, 11) is 0. The van der Waals surface area contributed by atoms with Crippen LogP contribution in [0.2, 0.25) is 0 Å². The van der Waals surface area contributed by atoms with Crippen LogP contribution in [0.25, 0.3) is 5.69 Å². The molecule has 2 N–H and O–H groups in total. The van der Waals surface area contributed by atoms with Gasteiger partial charge in [-0.2, -0.15) is 5.10 Å². The number of nitrogens with two attached hydrogens (primary N) is 1. The average Bonchev–Trinajstić information content (AvgIpc) is 2.84. The third-order valence-electron chi connectivity index (χ3n) is 3.00. The zero-order valence-corrected chi connectivity index (χ0v) is 8.43. The van der Waals surface area contributed by atoms with Crippen LogP contribution in [-0.4, -0.2) is 9.78 Å². The van der Waals surface area contributed by atoms with Gasteiger partial charge in [0.25, 0.3) is 0 Å². The standard InChI is InChI=1S/C12H13N3/c13-12(6-7-12)10-2-4-11(5-3-10)15-9-1-8-14-15/h1-5,8-9H,6-7,13H2. The summed E-state index contributed by atoms with van der Waals surface area (Å²) in [5.74, 6) is 0. The van der Waals surface area contributed by atoms with Crippen molar-refractivity contribution in [3.8, 4) is 5.69 Å². The number of rotatable bonds is 2. The van der Waals surface area contributed by atoms with Crippen molar-refractivity contribution in [2.75, 3.05) is 0 Å². The lowest BCUT2D eigenvalue weighted by atomic mass is 10.1. The first-order valence-corrected chi connectivity index (χ1v) is 5.17. The Morgan fingerprint density at radius 2 is 1.93 bits per heavy atom. The van der Waals surface area contributed by atoms with Gasteiger partial charge in [-0.15, -0.1) is 0 Å². The monoisotopic (exact) mass is 199 g/mol. The average molecular weight is 199 g/mol. The molecule has 1 aromatic carbocycles. The van der Waals surface area contributed by atoms with E-state index >= 15 is 0 Å². The molecular weight excluding hydrogens is 186 g/mol. The molecule has 0 spiro atoms. The van der Waals surface area contributed by atoms with E-state index in [-0.39, 0.29) is 5.54 Å². The topological polar surface area (TPSA) is 43.8 Å². The van der Waals surface area contributed by atoms with Crippen LogP contribution in [0.3, 0.4) is 0 Å². The van der Waals surface area contributed by atoms with Crippen LogP contribution in [0, 0.1) is 0 Å². The molecule has 1 aliphatic carbocycles. The second kappa shape index (κ2) is 2.94. The van der Waals surface area contributed by atoms with E-state index < -0.39 is 0 Å². The highest BCUT2D eigenvalue weighted by Gasteiger charge is 2.39. The Morgan fingerprint density at radius 1 is 1.20 bits per heavy atom. The minimum absolute atomic E-state index is 0.0390. The molecule has 0 radical (unpaired) electrons. The van der Waals surface area contributed by atoms with Crippen molar-refractivity contribution in [2.24, 2.45) is 5.73 Å². The van der Waals surface area contributed by atoms with Crippen LogP contribution in [0.5, 0.6) is 0 Å². The molecule has 1 saturated carbocycles. The first-order chi connectivity index (χ1) is 7.28. The first kappa shape index (κ1) is 8.68. The fourth-order valence-electron chi connectivity index (χ4n) is 1.79. The van der Waals surface area contributed by atoms with Crippen LogP contribution >= 0.6 is 0 Å². The number of aromatic nitrogens is 2. The van der Waals surface area contributed by atoms with Crippen LogP contribution in [0.15, 0.2) is 42.7 Å². The molecule has 15 heavy (non-hydrogen) atoms. The second-order valence-corrected chi connectivity index (χ2v) is 4.15. The lowest BCUT2D eigenvalue weighted by Crippen LogP contribution is -2.18. The predicted molar refractivity (Wildman–Crippen MR) is 58.7 cm³/mol. The second-order valence-electron chi connectivity index (χ2n) is 4.15. The van der Waals surface area contributed by atoms with Gasteiger partial charge in [0, 0.05) is 17.9 Å². The van der Waals surface area contributed by atoms with Crippen molar-refractivity contribution < 1.29 is 0 Å². The Balaban J connectivity index is 1.94. The summed E-state index contributed by atoms with van der Waals surface area (Å²) in [5, 5.41) is 4.18. The molecule has 1 aliphatic rings. The molecule has 0 atom stereocenters. The molecule has 0 saturated heterocycles. The van der Waals surface area contributed by atoms with Crippen LogP contribution in [0.4, 0.5) is 0 Å². The van der Waals surface area contributed by atoms with Crippen molar-refractivity contribution in [1.29, 1.82) is 0 Å². The third-order valence-corrected chi connectivity index (χ3v) is 3.00. The third kappa shape index (κ3) is 1.45. The fourth-order valence-corrected chi connectivity index (χ4v) is 1.79. The molecule has 0 aliphatic heterocycles. The van der Waals surface area contributed by atoms with Gasteiger partial charge in [-0.3, -0.25) is 0 Å². The summed E-state index contributed by atoms with van der Waals surface area (Å²) in [6, 6.07) is 10.2. The summed E-state index contributed by atoms with van der Waals surface area (Å²) in [5.41, 5.74) is 8.39. The van der Waals surface area contributed by atoms with Gasteiger partial charge in [0.2, 0.25) is 0 Å². The minimum atomic E-state index is -0.0390. The summed E-state index contributed by atoms with van der Waals surface area (Å²) in [6.45, 7) is 0. The maximum absolute atomic E-state index is 6.11. The van der Waals surface area contributed by atoms with E-state index in [0.717, 1.165) is 18.5 Å². The van der Waals surface area contributed by atoms with Crippen LogP contribution in [-0.2, 0) is 5.54 Å². The summed E-state index contributed by atoms with van der Waals surface area (Å²) >= 11 is 0. The number of nitrogens with zero attached hydrogens (tertiary/aromatic N) is 2. The Hall–Kier alpha value is -1.61. The van der Waals surface area contributed by atoms with Crippen molar-refractivity contribution >= 4 is 0 Å². The number of hydrogen-bond acceptors (Lipinski definition) is 2.